The molecule has 1 saturated heterocycles. The maximum atomic E-state index is 11.2. The molecule has 1 aliphatic rings. The van der Waals surface area contributed by atoms with Crippen molar-refractivity contribution in [3.63, 3.8) is 0 Å². The van der Waals surface area contributed by atoms with Gasteiger partial charge in [0, 0.05) is 18.1 Å². The lowest BCUT2D eigenvalue weighted by Crippen LogP contribution is -2.43. The Kier molecular flexibility index (Phi) is 3.65. The Morgan fingerprint density at radius 1 is 1.24 bits per heavy atom. The second-order valence-electron chi connectivity index (χ2n) is 5.15. The van der Waals surface area contributed by atoms with E-state index >= 15 is 0 Å². The smallest absolute Gasteiger partial charge is 0.349 e. The Labute approximate surface area is 126 Å². The minimum absolute atomic E-state index is 0.400. The van der Waals surface area contributed by atoms with E-state index in [9.17, 15) is 9.90 Å². The molecule has 1 aromatic carbocycles. The van der Waals surface area contributed by atoms with Gasteiger partial charge in [-0.2, -0.15) is 4.98 Å². The number of H-pyrrole nitrogens is 1. The van der Waals surface area contributed by atoms with E-state index in [0.29, 0.717) is 36.9 Å². The predicted molar refractivity (Wildman–Crippen MR) is 79.4 cm³/mol. The molecule has 0 atom stereocenters. The minimum Gasteiger partial charge on any atom is -0.385 e. The van der Waals surface area contributed by atoms with Crippen LogP contribution in [-0.2, 0) is 5.60 Å². The third-order valence-corrected chi connectivity index (χ3v) is 4.08. The van der Waals surface area contributed by atoms with Crippen LogP contribution >= 0.6 is 11.6 Å². The zero-order valence-electron chi connectivity index (χ0n) is 11.3. The number of halogens is 1. The second-order valence-corrected chi connectivity index (χ2v) is 5.58. The van der Waals surface area contributed by atoms with E-state index in [1.165, 1.54) is 6.33 Å². The molecule has 0 saturated carbocycles. The maximum absolute atomic E-state index is 11.2. The molecule has 0 radical (unpaired) electrons. The van der Waals surface area contributed by atoms with Crippen LogP contribution in [0.15, 0.2) is 35.4 Å². The van der Waals surface area contributed by atoms with Crippen molar-refractivity contribution in [1.29, 1.82) is 0 Å². The zero-order valence-corrected chi connectivity index (χ0v) is 12.0. The Bertz CT molecular complexity index is 678. The number of nitrogens with one attached hydrogen (secondary N) is 1. The van der Waals surface area contributed by atoms with Crippen molar-refractivity contribution >= 4 is 17.5 Å². The lowest BCUT2D eigenvalue weighted by Gasteiger charge is -2.38. The summed E-state index contributed by atoms with van der Waals surface area (Å²) < 4.78 is 0. The molecule has 1 aromatic heterocycles. The first-order valence-corrected chi connectivity index (χ1v) is 7.10. The normalized spacial score (nSPS) is 17.7. The number of rotatable bonds is 2. The van der Waals surface area contributed by atoms with Gasteiger partial charge in [-0.15, -0.1) is 0 Å². The Morgan fingerprint density at radius 2 is 1.90 bits per heavy atom. The van der Waals surface area contributed by atoms with E-state index < -0.39 is 11.3 Å². The molecule has 6 nitrogen and oxygen atoms in total. The van der Waals surface area contributed by atoms with Gasteiger partial charge in [-0.3, -0.25) is 4.98 Å². The molecular weight excluding hydrogens is 292 g/mol. The summed E-state index contributed by atoms with van der Waals surface area (Å²) >= 11 is 5.88. The van der Waals surface area contributed by atoms with Crippen molar-refractivity contribution in [3.8, 4) is 0 Å². The van der Waals surface area contributed by atoms with Crippen LogP contribution in [0.1, 0.15) is 18.4 Å². The first kappa shape index (κ1) is 14.0. The molecule has 7 heteroatoms. The number of aromatic amines is 1. The van der Waals surface area contributed by atoms with Crippen molar-refractivity contribution in [2.24, 2.45) is 0 Å². The van der Waals surface area contributed by atoms with Gasteiger partial charge in [-0.1, -0.05) is 23.7 Å². The Hall–Kier alpha value is -1.92. The Morgan fingerprint density at radius 3 is 2.52 bits per heavy atom. The van der Waals surface area contributed by atoms with Gasteiger partial charge >= 0.3 is 5.69 Å². The molecule has 1 aliphatic heterocycles. The topological polar surface area (TPSA) is 82.1 Å². The number of benzene rings is 1. The molecule has 0 amide bonds. The molecule has 0 unspecified atom stereocenters. The first-order chi connectivity index (χ1) is 10.1. The number of piperidine rings is 1. The summed E-state index contributed by atoms with van der Waals surface area (Å²) in [6.07, 6.45) is 2.43. The molecule has 21 heavy (non-hydrogen) atoms. The fourth-order valence-corrected chi connectivity index (χ4v) is 2.70. The molecular formula is C14H15ClN4O2. The van der Waals surface area contributed by atoms with Crippen LogP contribution < -0.4 is 10.6 Å². The number of anilines is 1. The van der Waals surface area contributed by atoms with Crippen molar-refractivity contribution in [2.75, 3.05) is 18.0 Å². The maximum Gasteiger partial charge on any atom is 0.349 e. The zero-order chi connectivity index (χ0) is 14.9. The SMILES string of the molecule is O=c1nc(N2CCC(O)(c3ccc(Cl)cc3)CC2)nc[nH]1. The average Bonchev–Trinajstić information content (AvgIpc) is 2.48. The standard InChI is InChI=1S/C14H15ClN4O2/c15-11-3-1-10(2-4-11)14(21)5-7-19(8-6-14)12-16-9-17-13(20)18-12/h1-4,9,21H,5-8H2,(H,16,17,18,20). The highest BCUT2D eigenvalue weighted by molar-refractivity contribution is 6.30. The average molecular weight is 307 g/mol. The monoisotopic (exact) mass is 306 g/mol. The fourth-order valence-electron chi connectivity index (χ4n) is 2.57. The van der Waals surface area contributed by atoms with Crippen LogP contribution in [-0.4, -0.2) is 33.1 Å². The van der Waals surface area contributed by atoms with E-state index in [-0.39, 0.29) is 0 Å². The van der Waals surface area contributed by atoms with Gasteiger partial charge in [-0.25, -0.2) is 9.78 Å². The van der Waals surface area contributed by atoms with Gasteiger partial charge in [0.15, 0.2) is 0 Å². The summed E-state index contributed by atoms with van der Waals surface area (Å²) in [5.41, 5.74) is -0.431. The molecule has 2 heterocycles. The molecule has 1 fully saturated rings. The van der Waals surface area contributed by atoms with E-state index in [4.69, 9.17) is 11.6 Å². The summed E-state index contributed by atoms with van der Waals surface area (Å²) in [4.78, 5) is 23.4. The molecule has 3 rings (SSSR count). The molecule has 2 aromatic rings. The number of hydrogen-bond donors (Lipinski definition) is 2. The lowest BCUT2D eigenvalue weighted by molar-refractivity contribution is 0.0115. The van der Waals surface area contributed by atoms with Crippen molar-refractivity contribution in [2.45, 2.75) is 18.4 Å². The van der Waals surface area contributed by atoms with Gasteiger partial charge in [0.25, 0.3) is 0 Å². The van der Waals surface area contributed by atoms with Gasteiger partial charge in [0.05, 0.1) is 5.60 Å². The second kappa shape index (κ2) is 5.46. The van der Waals surface area contributed by atoms with E-state index in [0.717, 1.165) is 5.56 Å². The Balaban J connectivity index is 1.75. The largest absolute Gasteiger partial charge is 0.385 e. The van der Waals surface area contributed by atoms with Crippen LogP contribution in [0.4, 0.5) is 5.95 Å². The molecule has 2 N–H and O–H groups in total. The fraction of sp³-hybridized carbons (Fsp3) is 0.357. The highest BCUT2D eigenvalue weighted by Crippen LogP contribution is 2.34. The van der Waals surface area contributed by atoms with E-state index in [1.807, 2.05) is 17.0 Å². The van der Waals surface area contributed by atoms with Crippen LogP contribution in [0, 0.1) is 0 Å². The summed E-state index contributed by atoms with van der Waals surface area (Å²) in [7, 11) is 0. The summed E-state index contributed by atoms with van der Waals surface area (Å²) in [5.74, 6) is 0.400. The minimum atomic E-state index is -0.873. The third-order valence-electron chi connectivity index (χ3n) is 3.82. The van der Waals surface area contributed by atoms with Crippen molar-refractivity contribution in [1.82, 2.24) is 15.0 Å². The van der Waals surface area contributed by atoms with Gasteiger partial charge in [-0.05, 0) is 30.5 Å². The third kappa shape index (κ3) is 2.91. The number of hydrogen-bond acceptors (Lipinski definition) is 5. The number of aromatic nitrogens is 3. The number of aliphatic hydroxyl groups is 1. The molecule has 0 aliphatic carbocycles. The highest BCUT2D eigenvalue weighted by atomic mass is 35.5. The molecule has 110 valence electrons. The van der Waals surface area contributed by atoms with Crippen LogP contribution in [0.3, 0.4) is 0 Å². The van der Waals surface area contributed by atoms with Gasteiger partial charge in [0.1, 0.15) is 6.33 Å². The van der Waals surface area contributed by atoms with Crippen LogP contribution in [0.2, 0.25) is 5.02 Å². The van der Waals surface area contributed by atoms with Crippen molar-refractivity contribution < 1.29 is 5.11 Å². The van der Waals surface area contributed by atoms with Crippen LogP contribution in [0.25, 0.3) is 0 Å². The predicted octanol–water partition coefficient (Wildman–Crippen LogP) is 1.31. The van der Waals surface area contributed by atoms with Gasteiger partial charge in [0.2, 0.25) is 5.95 Å². The first-order valence-electron chi connectivity index (χ1n) is 6.72. The van der Waals surface area contributed by atoms with Crippen LogP contribution in [0.5, 0.6) is 0 Å². The van der Waals surface area contributed by atoms with Crippen molar-refractivity contribution in [3.05, 3.63) is 51.7 Å². The number of nitrogens with zero attached hydrogens (tertiary/aromatic N) is 3. The van der Waals surface area contributed by atoms with Gasteiger partial charge < -0.3 is 10.0 Å². The summed E-state index contributed by atoms with van der Waals surface area (Å²) in [6.45, 7) is 1.17. The molecule has 0 spiro atoms. The lowest BCUT2D eigenvalue weighted by atomic mass is 9.84. The quantitative estimate of drug-likeness (QED) is 0.874. The van der Waals surface area contributed by atoms with E-state index in [2.05, 4.69) is 15.0 Å². The summed E-state index contributed by atoms with van der Waals surface area (Å²) in [6, 6.07) is 7.26. The summed E-state index contributed by atoms with van der Waals surface area (Å²) in [5, 5.41) is 11.4. The molecule has 0 bridgehead atoms. The van der Waals surface area contributed by atoms with E-state index in [1.54, 1.807) is 12.1 Å². The highest BCUT2D eigenvalue weighted by Gasteiger charge is 2.34.